The highest BCUT2D eigenvalue weighted by atomic mass is 19.1. The van der Waals surface area contributed by atoms with Gasteiger partial charge in [-0.2, -0.15) is 0 Å². The number of carbonyl (C=O) groups is 2. The molecule has 1 N–H and O–H groups in total. The first-order chi connectivity index (χ1) is 17.3. The molecule has 3 heterocycles. The van der Waals surface area contributed by atoms with E-state index in [2.05, 4.69) is 23.1 Å². The molecule has 1 aliphatic rings. The smallest absolute Gasteiger partial charge is 0.254 e. The molecule has 1 saturated heterocycles. The minimum Gasteiger partial charge on any atom is -0.378 e. The van der Waals surface area contributed by atoms with Crippen molar-refractivity contribution in [3.63, 3.8) is 0 Å². The summed E-state index contributed by atoms with van der Waals surface area (Å²) in [6, 6.07) is 5.74. The van der Waals surface area contributed by atoms with Crippen molar-refractivity contribution < 1.29 is 23.1 Å². The van der Waals surface area contributed by atoms with E-state index >= 15 is 0 Å². The number of hydrogen-bond acceptors (Lipinski definition) is 4. The zero-order chi connectivity index (χ0) is 26.8. The lowest BCUT2D eigenvalue weighted by Gasteiger charge is -2.26. The molecule has 0 atom stereocenters. The molecule has 2 amide bonds. The number of nitrogens with one attached hydrogen (secondary N) is 1. The second kappa shape index (κ2) is 13.4. The molecular weight excluding hydrogens is 466 g/mol. The van der Waals surface area contributed by atoms with E-state index in [-0.39, 0.29) is 17.0 Å². The van der Waals surface area contributed by atoms with Crippen LogP contribution in [0.15, 0.2) is 30.5 Å². The summed E-state index contributed by atoms with van der Waals surface area (Å²) >= 11 is 0. The molecule has 0 bridgehead atoms. The summed E-state index contributed by atoms with van der Waals surface area (Å²) in [5.41, 5.74) is 2.48. The molecule has 0 aliphatic carbocycles. The van der Waals surface area contributed by atoms with E-state index in [1.54, 1.807) is 13.8 Å². The summed E-state index contributed by atoms with van der Waals surface area (Å²) in [5.74, 6) is -1.85. The molecule has 0 saturated carbocycles. The highest BCUT2D eigenvalue weighted by Crippen LogP contribution is 2.28. The van der Waals surface area contributed by atoms with Crippen LogP contribution in [0.2, 0.25) is 0 Å². The van der Waals surface area contributed by atoms with Crippen molar-refractivity contribution >= 4 is 17.5 Å². The summed E-state index contributed by atoms with van der Waals surface area (Å²) in [7, 11) is 0. The SMILES string of the molecule is C#C.CCC(=O)N1CCOCC1.CCNC(=O)c1cc(F)c(-c2nc3cc(C)ccn3c2C)cc1F. The number of amides is 2. The monoisotopic (exact) mass is 498 g/mol. The number of hydrogen-bond donors (Lipinski definition) is 1. The Balaban J connectivity index is 0.000000318. The highest BCUT2D eigenvalue weighted by Gasteiger charge is 2.20. The maximum Gasteiger partial charge on any atom is 0.254 e. The molecule has 7 nitrogen and oxygen atoms in total. The standard InChI is InChI=1S/C18H17F2N3O.C7H13NO2.C2H2/c1-4-21-18(24)13-9-14(19)12(8-15(13)20)17-11(3)23-6-5-10(2)7-16(23)22-17;1-2-7(9)8-3-5-10-6-4-8;1-2/h5-9H,4H2,1-3H3,(H,21,24);2-6H2,1H3;1-2H. The van der Waals surface area contributed by atoms with Crippen LogP contribution in [-0.2, 0) is 9.53 Å². The van der Waals surface area contributed by atoms with Crippen LogP contribution in [0.25, 0.3) is 16.9 Å². The maximum absolute atomic E-state index is 14.5. The Morgan fingerprint density at radius 3 is 2.36 bits per heavy atom. The molecule has 4 rings (SSSR count). The number of fused-ring (bicyclic) bond motifs is 1. The number of carbonyl (C=O) groups excluding carboxylic acids is 2. The van der Waals surface area contributed by atoms with Gasteiger partial charge >= 0.3 is 0 Å². The van der Waals surface area contributed by atoms with Crippen LogP contribution in [-0.4, -0.2) is 58.9 Å². The molecule has 3 aromatic rings. The summed E-state index contributed by atoms with van der Waals surface area (Å²) in [6.07, 6.45) is 10.5. The Morgan fingerprint density at radius 1 is 1.08 bits per heavy atom. The minimum absolute atomic E-state index is 0.0411. The van der Waals surface area contributed by atoms with E-state index in [0.717, 1.165) is 30.8 Å². The van der Waals surface area contributed by atoms with E-state index in [4.69, 9.17) is 4.74 Å². The van der Waals surface area contributed by atoms with E-state index in [9.17, 15) is 18.4 Å². The largest absolute Gasteiger partial charge is 0.378 e. The number of benzene rings is 1. The Hall–Kier alpha value is -3.77. The third kappa shape index (κ3) is 6.67. The second-order valence-corrected chi connectivity index (χ2v) is 8.00. The van der Waals surface area contributed by atoms with Crippen molar-refractivity contribution in [2.24, 2.45) is 0 Å². The normalized spacial score (nSPS) is 12.7. The zero-order valence-corrected chi connectivity index (χ0v) is 21.1. The van der Waals surface area contributed by atoms with E-state index in [1.807, 2.05) is 41.5 Å². The van der Waals surface area contributed by atoms with Gasteiger partial charge in [0.05, 0.1) is 24.5 Å². The van der Waals surface area contributed by atoms with E-state index < -0.39 is 17.5 Å². The third-order valence-electron chi connectivity index (χ3n) is 5.58. The van der Waals surface area contributed by atoms with Gasteiger partial charge in [-0.05, 0) is 50.6 Å². The van der Waals surface area contributed by atoms with Crippen LogP contribution >= 0.6 is 0 Å². The fraction of sp³-hybridized carbons (Fsp3) is 0.370. The van der Waals surface area contributed by atoms with Crippen molar-refractivity contribution in [3.8, 4) is 24.1 Å². The number of halogens is 2. The fourth-order valence-electron chi connectivity index (χ4n) is 3.72. The average Bonchev–Trinajstić information content (AvgIpc) is 3.21. The number of rotatable bonds is 4. The van der Waals surface area contributed by atoms with Crippen LogP contribution in [0.4, 0.5) is 8.78 Å². The number of terminal acetylenes is 1. The van der Waals surface area contributed by atoms with Crippen LogP contribution in [0.1, 0.15) is 41.9 Å². The molecule has 9 heteroatoms. The quantitative estimate of drug-likeness (QED) is 0.549. The number of ether oxygens (including phenoxy) is 1. The Kier molecular flexibility index (Phi) is 10.6. The lowest BCUT2D eigenvalue weighted by Crippen LogP contribution is -2.40. The van der Waals surface area contributed by atoms with Gasteiger partial charge in [-0.1, -0.05) is 6.92 Å². The summed E-state index contributed by atoms with van der Waals surface area (Å²) in [5, 5.41) is 2.46. The summed E-state index contributed by atoms with van der Waals surface area (Å²) in [4.78, 5) is 29.1. The first-order valence-corrected chi connectivity index (χ1v) is 11.7. The predicted octanol–water partition coefficient (Wildman–Crippen LogP) is 4.15. The van der Waals surface area contributed by atoms with Crippen LogP contribution in [0.3, 0.4) is 0 Å². The van der Waals surface area contributed by atoms with E-state index in [0.29, 0.717) is 43.2 Å². The lowest BCUT2D eigenvalue weighted by molar-refractivity contribution is -0.134. The number of imidazole rings is 1. The van der Waals surface area contributed by atoms with Crippen LogP contribution in [0, 0.1) is 38.3 Å². The van der Waals surface area contributed by atoms with Crippen molar-refractivity contribution in [3.05, 3.63) is 58.9 Å². The second-order valence-electron chi connectivity index (χ2n) is 8.00. The molecule has 192 valence electrons. The van der Waals surface area contributed by atoms with Crippen molar-refractivity contribution in [1.29, 1.82) is 0 Å². The summed E-state index contributed by atoms with van der Waals surface area (Å²) < 4.78 is 35.7. The number of nitrogens with zero attached hydrogens (tertiary/aromatic N) is 3. The van der Waals surface area contributed by atoms with Gasteiger partial charge in [-0.3, -0.25) is 9.59 Å². The Labute approximate surface area is 210 Å². The molecule has 1 fully saturated rings. The lowest BCUT2D eigenvalue weighted by atomic mass is 10.1. The summed E-state index contributed by atoms with van der Waals surface area (Å²) in [6.45, 7) is 10.6. The van der Waals surface area contributed by atoms with Gasteiger partial charge in [-0.15, -0.1) is 12.8 Å². The topological polar surface area (TPSA) is 75.9 Å². The van der Waals surface area contributed by atoms with Crippen molar-refractivity contribution in [2.45, 2.75) is 34.1 Å². The van der Waals surface area contributed by atoms with Crippen LogP contribution < -0.4 is 5.32 Å². The van der Waals surface area contributed by atoms with Gasteiger partial charge in [0.15, 0.2) is 0 Å². The molecule has 0 radical (unpaired) electrons. The van der Waals surface area contributed by atoms with Gasteiger partial charge in [0.1, 0.15) is 17.3 Å². The van der Waals surface area contributed by atoms with Gasteiger partial charge in [0, 0.05) is 43.5 Å². The van der Waals surface area contributed by atoms with Gasteiger partial charge in [0.2, 0.25) is 5.91 Å². The maximum atomic E-state index is 14.5. The highest BCUT2D eigenvalue weighted by molar-refractivity contribution is 5.95. The van der Waals surface area contributed by atoms with Gasteiger partial charge < -0.3 is 19.4 Å². The van der Waals surface area contributed by atoms with Gasteiger partial charge in [0.25, 0.3) is 5.91 Å². The number of aryl methyl sites for hydroxylation is 2. The number of pyridine rings is 1. The third-order valence-corrected chi connectivity index (χ3v) is 5.58. The molecule has 2 aromatic heterocycles. The van der Waals surface area contributed by atoms with Crippen LogP contribution in [0.5, 0.6) is 0 Å². The van der Waals surface area contributed by atoms with Gasteiger partial charge in [-0.25, -0.2) is 13.8 Å². The van der Waals surface area contributed by atoms with E-state index in [1.165, 1.54) is 0 Å². The zero-order valence-electron chi connectivity index (χ0n) is 21.1. The minimum atomic E-state index is -0.773. The molecule has 0 spiro atoms. The molecule has 36 heavy (non-hydrogen) atoms. The number of aromatic nitrogens is 2. The first kappa shape index (κ1) is 28.5. The first-order valence-electron chi connectivity index (χ1n) is 11.7. The molecular formula is C27H32F2N4O3. The fourth-order valence-corrected chi connectivity index (χ4v) is 3.72. The molecule has 0 unspecified atom stereocenters. The Bertz CT molecular complexity index is 1230. The number of morpholine rings is 1. The average molecular weight is 499 g/mol. The van der Waals surface area contributed by atoms with Crippen molar-refractivity contribution in [2.75, 3.05) is 32.8 Å². The molecule has 1 aliphatic heterocycles. The van der Waals surface area contributed by atoms with Crippen molar-refractivity contribution in [1.82, 2.24) is 19.6 Å². The Morgan fingerprint density at radius 2 is 1.75 bits per heavy atom. The predicted molar refractivity (Wildman–Crippen MR) is 136 cm³/mol. The molecule has 1 aromatic carbocycles.